The average Bonchev–Trinajstić information content (AvgIpc) is 3.57. The first-order valence-corrected chi connectivity index (χ1v) is 10.5. The second-order valence-electron chi connectivity index (χ2n) is 8.81. The molecule has 0 bridgehead atoms. The van der Waals surface area contributed by atoms with Gasteiger partial charge in [-0.05, 0) is 43.6 Å². The second kappa shape index (κ2) is 7.35. The minimum Gasteiger partial charge on any atom is -0.380 e. The molecule has 0 unspecified atom stereocenters. The monoisotopic (exact) mass is 383 g/mol. The van der Waals surface area contributed by atoms with Crippen LogP contribution in [0.3, 0.4) is 0 Å². The molecule has 2 aromatic heterocycles. The molecule has 5 rings (SSSR count). The van der Waals surface area contributed by atoms with E-state index in [1.807, 2.05) is 24.2 Å². The smallest absolute Gasteiger partial charge is 0.228 e. The lowest BCUT2D eigenvalue weighted by atomic mass is 9.97. The summed E-state index contributed by atoms with van der Waals surface area (Å²) >= 11 is 0. The standard InChI is InChI=1S/C21H29N5O2/c1-24-7-6-19(22-24)8-20(27)25-10-17-12-26(9-15-2-3-15)23-21(17)18(11-25)14-28-13-16-4-5-16/h6-7,12,15-16,18H,2-5,8-11,13-14H2,1H3/t18-/m0/s1. The molecule has 1 atom stereocenters. The van der Waals surface area contributed by atoms with Crippen LogP contribution in [0.1, 0.15) is 48.6 Å². The van der Waals surface area contributed by atoms with Crippen molar-refractivity contribution in [3.8, 4) is 0 Å². The van der Waals surface area contributed by atoms with Gasteiger partial charge in [-0.2, -0.15) is 10.2 Å². The zero-order chi connectivity index (χ0) is 19.1. The Balaban J connectivity index is 1.30. The van der Waals surface area contributed by atoms with Crippen LogP contribution >= 0.6 is 0 Å². The predicted molar refractivity (Wildman–Crippen MR) is 104 cm³/mol. The molecule has 3 heterocycles. The van der Waals surface area contributed by atoms with Gasteiger partial charge in [0, 0.05) is 57.2 Å². The number of carbonyl (C=O) groups is 1. The third-order valence-electron chi connectivity index (χ3n) is 6.02. The van der Waals surface area contributed by atoms with Gasteiger partial charge in [0.25, 0.3) is 0 Å². The number of amides is 1. The van der Waals surface area contributed by atoms with Crippen LogP contribution in [0.5, 0.6) is 0 Å². The van der Waals surface area contributed by atoms with Crippen LogP contribution in [-0.2, 0) is 36.1 Å². The van der Waals surface area contributed by atoms with E-state index >= 15 is 0 Å². The molecule has 3 aliphatic rings. The van der Waals surface area contributed by atoms with Gasteiger partial charge in [-0.3, -0.25) is 14.2 Å². The summed E-state index contributed by atoms with van der Waals surface area (Å²) in [5.41, 5.74) is 3.14. The summed E-state index contributed by atoms with van der Waals surface area (Å²) in [6, 6.07) is 1.91. The predicted octanol–water partition coefficient (Wildman–Crippen LogP) is 2.12. The first-order chi connectivity index (χ1) is 13.6. The van der Waals surface area contributed by atoms with Crippen molar-refractivity contribution in [3.63, 3.8) is 0 Å². The Bertz CT molecular complexity index is 849. The third-order valence-corrected chi connectivity index (χ3v) is 6.02. The van der Waals surface area contributed by atoms with Crippen molar-refractivity contribution in [1.82, 2.24) is 24.5 Å². The minimum atomic E-state index is 0.131. The highest BCUT2D eigenvalue weighted by molar-refractivity contribution is 5.78. The van der Waals surface area contributed by atoms with Crippen LogP contribution in [-0.4, -0.2) is 50.1 Å². The lowest BCUT2D eigenvalue weighted by Crippen LogP contribution is -2.40. The molecule has 2 aromatic rings. The van der Waals surface area contributed by atoms with Crippen molar-refractivity contribution in [2.45, 2.75) is 51.1 Å². The van der Waals surface area contributed by atoms with E-state index < -0.39 is 0 Å². The summed E-state index contributed by atoms with van der Waals surface area (Å²) in [7, 11) is 1.88. The molecule has 2 aliphatic carbocycles. The molecular weight excluding hydrogens is 354 g/mol. The maximum Gasteiger partial charge on any atom is 0.228 e. The van der Waals surface area contributed by atoms with Crippen LogP contribution in [0.4, 0.5) is 0 Å². The zero-order valence-electron chi connectivity index (χ0n) is 16.6. The molecule has 7 heteroatoms. The molecule has 150 valence electrons. The molecule has 0 radical (unpaired) electrons. The maximum absolute atomic E-state index is 12.9. The Morgan fingerprint density at radius 1 is 1.18 bits per heavy atom. The minimum absolute atomic E-state index is 0.131. The number of ether oxygens (including phenoxy) is 1. The summed E-state index contributed by atoms with van der Waals surface area (Å²) in [6.45, 7) is 3.83. The number of rotatable bonds is 8. The van der Waals surface area contributed by atoms with Gasteiger partial charge in [-0.1, -0.05) is 0 Å². The number of aromatic nitrogens is 4. The average molecular weight is 383 g/mol. The van der Waals surface area contributed by atoms with Crippen LogP contribution in [0.25, 0.3) is 0 Å². The quantitative estimate of drug-likeness (QED) is 0.700. The van der Waals surface area contributed by atoms with E-state index in [0.717, 1.165) is 36.4 Å². The zero-order valence-corrected chi connectivity index (χ0v) is 16.6. The Morgan fingerprint density at radius 3 is 2.71 bits per heavy atom. The molecule has 2 saturated carbocycles. The van der Waals surface area contributed by atoms with Gasteiger partial charge in [0.05, 0.1) is 24.4 Å². The Kier molecular flexibility index (Phi) is 4.70. The van der Waals surface area contributed by atoms with Crippen molar-refractivity contribution >= 4 is 5.91 Å². The number of aryl methyl sites for hydroxylation is 1. The molecule has 7 nitrogen and oxygen atoms in total. The van der Waals surface area contributed by atoms with Crippen LogP contribution < -0.4 is 0 Å². The summed E-state index contributed by atoms with van der Waals surface area (Å²) in [5, 5.41) is 9.25. The molecule has 28 heavy (non-hydrogen) atoms. The van der Waals surface area contributed by atoms with E-state index in [-0.39, 0.29) is 11.8 Å². The van der Waals surface area contributed by atoms with Crippen LogP contribution in [0.15, 0.2) is 18.5 Å². The largest absolute Gasteiger partial charge is 0.380 e. The molecule has 1 amide bonds. The van der Waals surface area contributed by atoms with Crippen molar-refractivity contribution in [1.29, 1.82) is 0 Å². The van der Waals surface area contributed by atoms with Gasteiger partial charge in [-0.15, -0.1) is 0 Å². The summed E-state index contributed by atoms with van der Waals surface area (Å²) in [5.74, 6) is 1.83. The molecule has 2 fully saturated rings. The number of hydrogen-bond donors (Lipinski definition) is 0. The topological polar surface area (TPSA) is 65.2 Å². The fourth-order valence-corrected chi connectivity index (χ4v) is 4.03. The number of carbonyl (C=O) groups excluding carboxylic acids is 1. The van der Waals surface area contributed by atoms with E-state index in [0.29, 0.717) is 26.1 Å². The Hall–Kier alpha value is -2.15. The van der Waals surface area contributed by atoms with E-state index in [1.54, 1.807) is 4.68 Å². The molecule has 0 spiro atoms. The SMILES string of the molecule is Cn1ccc(CC(=O)N2Cc3cn(CC4CC4)nc3[C@H](COCC3CC3)C2)n1. The van der Waals surface area contributed by atoms with E-state index in [1.165, 1.54) is 31.2 Å². The molecular formula is C21H29N5O2. The van der Waals surface area contributed by atoms with Crippen LogP contribution in [0.2, 0.25) is 0 Å². The Morgan fingerprint density at radius 2 is 2.00 bits per heavy atom. The van der Waals surface area contributed by atoms with Gasteiger partial charge in [0.15, 0.2) is 0 Å². The van der Waals surface area contributed by atoms with Gasteiger partial charge in [-0.25, -0.2) is 0 Å². The van der Waals surface area contributed by atoms with Crippen molar-refractivity contribution < 1.29 is 9.53 Å². The first kappa shape index (κ1) is 17.9. The Labute approximate surface area is 165 Å². The summed E-state index contributed by atoms with van der Waals surface area (Å²) < 4.78 is 9.85. The van der Waals surface area contributed by atoms with Gasteiger partial charge >= 0.3 is 0 Å². The fraction of sp³-hybridized carbons (Fsp3) is 0.667. The molecule has 0 aromatic carbocycles. The van der Waals surface area contributed by atoms with Gasteiger partial charge in [0.1, 0.15) is 0 Å². The molecule has 0 N–H and O–H groups in total. The van der Waals surface area contributed by atoms with Gasteiger partial charge < -0.3 is 9.64 Å². The van der Waals surface area contributed by atoms with Gasteiger partial charge in [0.2, 0.25) is 5.91 Å². The van der Waals surface area contributed by atoms with E-state index in [4.69, 9.17) is 9.84 Å². The highest BCUT2D eigenvalue weighted by atomic mass is 16.5. The fourth-order valence-electron chi connectivity index (χ4n) is 4.03. The third kappa shape index (κ3) is 4.14. The van der Waals surface area contributed by atoms with Crippen molar-refractivity contribution in [3.05, 3.63) is 35.4 Å². The summed E-state index contributed by atoms with van der Waals surface area (Å²) in [4.78, 5) is 14.9. The van der Waals surface area contributed by atoms with E-state index in [2.05, 4.69) is 16.0 Å². The van der Waals surface area contributed by atoms with Crippen molar-refractivity contribution in [2.24, 2.45) is 18.9 Å². The van der Waals surface area contributed by atoms with E-state index in [9.17, 15) is 4.79 Å². The normalized spacial score (nSPS) is 21.8. The van der Waals surface area contributed by atoms with Crippen LogP contribution in [0, 0.1) is 11.8 Å². The maximum atomic E-state index is 12.9. The molecule has 0 saturated heterocycles. The lowest BCUT2D eigenvalue weighted by Gasteiger charge is -2.32. The highest BCUT2D eigenvalue weighted by Gasteiger charge is 2.33. The number of hydrogen-bond acceptors (Lipinski definition) is 4. The molecule has 1 aliphatic heterocycles. The summed E-state index contributed by atoms with van der Waals surface area (Å²) in [6.07, 6.45) is 9.60. The second-order valence-corrected chi connectivity index (χ2v) is 8.81. The lowest BCUT2D eigenvalue weighted by molar-refractivity contribution is -0.132. The van der Waals surface area contributed by atoms with Crippen molar-refractivity contribution in [2.75, 3.05) is 19.8 Å². The number of nitrogens with zero attached hydrogens (tertiary/aromatic N) is 5. The number of fused-ring (bicyclic) bond motifs is 1. The first-order valence-electron chi connectivity index (χ1n) is 10.5. The highest BCUT2D eigenvalue weighted by Crippen LogP contribution is 2.33.